The third-order valence-corrected chi connectivity index (χ3v) is 3.17. The Morgan fingerprint density at radius 2 is 2.11 bits per heavy atom. The van der Waals surface area contributed by atoms with E-state index in [2.05, 4.69) is 52.1 Å². The fourth-order valence-corrected chi connectivity index (χ4v) is 2.25. The van der Waals surface area contributed by atoms with Gasteiger partial charge in [0.2, 0.25) is 0 Å². The van der Waals surface area contributed by atoms with Crippen LogP contribution in [0, 0.1) is 0 Å². The summed E-state index contributed by atoms with van der Waals surface area (Å²) < 4.78 is 2.67. The Kier molecular flexibility index (Phi) is 3.59. The first-order chi connectivity index (χ1) is 8.40. The molecular weight excluding hydrogens is 294 g/mol. The zero-order chi connectivity index (χ0) is 13.3. The number of anilines is 1. The fourth-order valence-electron chi connectivity index (χ4n) is 1.70. The van der Waals surface area contributed by atoms with Crippen LogP contribution in [0.15, 0.2) is 16.7 Å². The molecule has 0 saturated heterocycles. The Bertz CT molecular complexity index is 555. The molecular formula is C12H18BrN5. The molecule has 3 N–H and O–H groups in total. The molecule has 98 valence electrons. The van der Waals surface area contributed by atoms with Gasteiger partial charge in [-0.1, -0.05) is 0 Å². The fraction of sp³-hybridized carbons (Fsp3) is 0.500. The highest BCUT2D eigenvalue weighted by atomic mass is 79.9. The summed E-state index contributed by atoms with van der Waals surface area (Å²) in [5, 5.41) is 7.85. The minimum absolute atomic E-state index is 0.0200. The number of halogens is 1. The lowest BCUT2D eigenvalue weighted by Gasteiger charge is -2.20. The summed E-state index contributed by atoms with van der Waals surface area (Å²) in [5.74, 6) is 0.826. The van der Waals surface area contributed by atoms with E-state index in [1.807, 2.05) is 12.1 Å². The van der Waals surface area contributed by atoms with E-state index in [9.17, 15) is 0 Å². The maximum atomic E-state index is 5.56. The van der Waals surface area contributed by atoms with Crippen molar-refractivity contribution in [2.75, 3.05) is 11.9 Å². The third-order valence-electron chi connectivity index (χ3n) is 2.37. The van der Waals surface area contributed by atoms with Crippen molar-refractivity contribution < 1.29 is 0 Å². The van der Waals surface area contributed by atoms with Crippen LogP contribution >= 0.6 is 15.9 Å². The molecule has 0 aliphatic carbocycles. The van der Waals surface area contributed by atoms with Crippen LogP contribution in [0.1, 0.15) is 26.5 Å². The van der Waals surface area contributed by atoms with E-state index in [4.69, 9.17) is 5.73 Å². The van der Waals surface area contributed by atoms with Gasteiger partial charge in [-0.05, 0) is 55.4 Å². The van der Waals surface area contributed by atoms with E-state index in [0.29, 0.717) is 6.54 Å². The van der Waals surface area contributed by atoms with E-state index in [-0.39, 0.29) is 5.54 Å². The maximum absolute atomic E-state index is 5.56. The van der Waals surface area contributed by atoms with Crippen LogP contribution in [0.2, 0.25) is 0 Å². The minimum Gasteiger partial charge on any atom is -0.364 e. The van der Waals surface area contributed by atoms with Crippen LogP contribution in [-0.4, -0.2) is 26.7 Å². The Morgan fingerprint density at radius 1 is 1.39 bits per heavy atom. The molecule has 0 saturated carbocycles. The summed E-state index contributed by atoms with van der Waals surface area (Å²) in [7, 11) is 0. The molecule has 0 atom stereocenters. The quantitative estimate of drug-likeness (QED) is 0.912. The summed E-state index contributed by atoms with van der Waals surface area (Å²) in [6.45, 7) is 6.88. The molecule has 0 bridgehead atoms. The first-order valence-electron chi connectivity index (χ1n) is 5.93. The van der Waals surface area contributed by atoms with Crippen LogP contribution in [0.25, 0.3) is 5.65 Å². The van der Waals surface area contributed by atoms with E-state index in [1.165, 1.54) is 0 Å². The third kappa shape index (κ3) is 2.81. The Labute approximate surface area is 115 Å². The molecule has 18 heavy (non-hydrogen) atoms. The first-order valence-corrected chi connectivity index (χ1v) is 6.72. The summed E-state index contributed by atoms with van der Waals surface area (Å²) in [4.78, 5) is 4.49. The molecule has 5 nitrogen and oxygen atoms in total. The van der Waals surface area contributed by atoms with E-state index < -0.39 is 0 Å². The molecule has 0 unspecified atom stereocenters. The second-order valence-corrected chi connectivity index (χ2v) is 6.00. The average Bonchev–Trinajstić information content (AvgIpc) is 2.55. The monoisotopic (exact) mass is 311 g/mol. The lowest BCUT2D eigenvalue weighted by Crippen LogP contribution is -2.27. The van der Waals surface area contributed by atoms with Crippen molar-refractivity contribution in [3.63, 3.8) is 0 Å². The molecule has 0 aromatic carbocycles. The molecule has 0 fully saturated rings. The molecule has 2 heterocycles. The van der Waals surface area contributed by atoms with Crippen molar-refractivity contribution in [2.24, 2.45) is 5.73 Å². The topological polar surface area (TPSA) is 68.2 Å². The number of rotatable bonds is 3. The number of nitrogens with two attached hydrogens (primary N) is 1. The molecule has 0 aliphatic heterocycles. The van der Waals surface area contributed by atoms with Gasteiger partial charge < -0.3 is 11.1 Å². The number of hydrogen-bond acceptors (Lipinski definition) is 4. The van der Waals surface area contributed by atoms with Crippen LogP contribution < -0.4 is 11.1 Å². The minimum atomic E-state index is -0.0200. The predicted molar refractivity (Wildman–Crippen MR) is 76.8 cm³/mol. The van der Waals surface area contributed by atoms with E-state index >= 15 is 0 Å². The smallest absolute Gasteiger partial charge is 0.155 e. The Morgan fingerprint density at radius 3 is 2.72 bits per heavy atom. The van der Waals surface area contributed by atoms with Gasteiger partial charge in [-0.2, -0.15) is 0 Å². The van der Waals surface area contributed by atoms with Gasteiger partial charge in [0.25, 0.3) is 0 Å². The first kappa shape index (κ1) is 13.3. The number of nitrogens with zero attached hydrogens (tertiary/aromatic N) is 3. The molecule has 0 radical (unpaired) electrons. The largest absolute Gasteiger partial charge is 0.364 e. The van der Waals surface area contributed by atoms with Crippen molar-refractivity contribution >= 4 is 27.4 Å². The summed E-state index contributed by atoms with van der Waals surface area (Å²) >= 11 is 3.52. The number of imidazole rings is 1. The SMILES string of the molecule is CC(C)(C)Nc1ccc2nc(CCN)c(Br)n2n1. The number of nitrogens with one attached hydrogen (secondary N) is 1. The Balaban J connectivity index is 2.41. The van der Waals surface area contributed by atoms with Crippen molar-refractivity contribution in [3.8, 4) is 0 Å². The molecule has 2 aromatic rings. The highest BCUT2D eigenvalue weighted by Gasteiger charge is 2.13. The standard InChI is InChI=1S/C12H18BrN5/c1-12(2,3)16-9-4-5-10-15-8(6-7-14)11(13)18(10)17-9/h4-5H,6-7,14H2,1-3H3,(H,16,17). The van der Waals surface area contributed by atoms with E-state index in [1.54, 1.807) is 4.52 Å². The van der Waals surface area contributed by atoms with Gasteiger partial charge in [-0.3, -0.25) is 0 Å². The van der Waals surface area contributed by atoms with Gasteiger partial charge >= 0.3 is 0 Å². The molecule has 6 heteroatoms. The molecule has 2 aromatic heterocycles. The van der Waals surface area contributed by atoms with Gasteiger partial charge in [0.05, 0.1) is 5.69 Å². The normalized spacial score (nSPS) is 12.1. The average molecular weight is 312 g/mol. The van der Waals surface area contributed by atoms with E-state index in [0.717, 1.165) is 28.2 Å². The zero-order valence-electron chi connectivity index (χ0n) is 10.9. The van der Waals surface area contributed by atoms with Gasteiger partial charge in [0.15, 0.2) is 5.65 Å². The van der Waals surface area contributed by atoms with Crippen molar-refractivity contribution in [3.05, 3.63) is 22.4 Å². The van der Waals surface area contributed by atoms with Gasteiger partial charge in [0.1, 0.15) is 10.4 Å². The van der Waals surface area contributed by atoms with Crippen LogP contribution in [-0.2, 0) is 6.42 Å². The number of hydrogen-bond donors (Lipinski definition) is 2. The predicted octanol–water partition coefficient (Wildman–Crippen LogP) is 2.20. The van der Waals surface area contributed by atoms with Crippen molar-refractivity contribution in [1.82, 2.24) is 14.6 Å². The van der Waals surface area contributed by atoms with Gasteiger partial charge in [0, 0.05) is 12.0 Å². The summed E-state index contributed by atoms with van der Waals surface area (Å²) in [6, 6.07) is 3.89. The zero-order valence-corrected chi connectivity index (χ0v) is 12.5. The number of aromatic nitrogens is 3. The molecule has 0 aliphatic rings. The van der Waals surface area contributed by atoms with Crippen LogP contribution in [0.5, 0.6) is 0 Å². The van der Waals surface area contributed by atoms with Crippen LogP contribution in [0.3, 0.4) is 0 Å². The summed E-state index contributed by atoms with van der Waals surface area (Å²) in [5.41, 5.74) is 7.31. The molecule has 0 amide bonds. The van der Waals surface area contributed by atoms with Crippen LogP contribution in [0.4, 0.5) is 5.82 Å². The number of fused-ring (bicyclic) bond motifs is 1. The lowest BCUT2D eigenvalue weighted by atomic mass is 10.1. The second-order valence-electron chi connectivity index (χ2n) is 5.25. The summed E-state index contributed by atoms with van der Waals surface area (Å²) in [6.07, 6.45) is 0.742. The van der Waals surface area contributed by atoms with Crippen molar-refractivity contribution in [2.45, 2.75) is 32.7 Å². The van der Waals surface area contributed by atoms with Gasteiger partial charge in [-0.25, -0.2) is 9.50 Å². The highest BCUT2D eigenvalue weighted by molar-refractivity contribution is 9.10. The van der Waals surface area contributed by atoms with Gasteiger partial charge in [-0.15, -0.1) is 5.10 Å². The lowest BCUT2D eigenvalue weighted by molar-refractivity contribution is 0.626. The molecule has 0 spiro atoms. The highest BCUT2D eigenvalue weighted by Crippen LogP contribution is 2.20. The van der Waals surface area contributed by atoms with Crippen molar-refractivity contribution in [1.29, 1.82) is 0 Å². The Hall–Kier alpha value is -1.14. The second kappa shape index (κ2) is 4.85. The maximum Gasteiger partial charge on any atom is 0.155 e. The molecule has 2 rings (SSSR count).